The molecule has 90 valence electrons. The lowest BCUT2D eigenvalue weighted by Gasteiger charge is -2.15. The summed E-state index contributed by atoms with van der Waals surface area (Å²) < 4.78 is 1.04. The second kappa shape index (κ2) is 7.07. The molecule has 0 aliphatic carbocycles. The Hall–Kier alpha value is -1.35. The van der Waals surface area contributed by atoms with Crippen molar-refractivity contribution in [3.8, 4) is 0 Å². The van der Waals surface area contributed by atoms with Crippen LogP contribution in [0.2, 0.25) is 0 Å². The number of nitrogens with zero attached hydrogens (tertiary/aromatic N) is 1. The van der Waals surface area contributed by atoms with Gasteiger partial charge >= 0.3 is 0 Å². The molecule has 1 aromatic rings. The highest BCUT2D eigenvalue weighted by molar-refractivity contribution is 9.10. The van der Waals surface area contributed by atoms with Gasteiger partial charge in [0.05, 0.1) is 0 Å². The van der Waals surface area contributed by atoms with Crippen molar-refractivity contribution >= 4 is 21.8 Å². The molecule has 0 saturated heterocycles. The molecule has 0 radical (unpaired) electrons. The van der Waals surface area contributed by atoms with E-state index in [1.165, 1.54) is 0 Å². The van der Waals surface area contributed by atoms with E-state index in [1.807, 2.05) is 43.3 Å². The second-order valence-electron chi connectivity index (χ2n) is 3.71. The number of carbonyl (C=O) groups is 1. The molecule has 3 heteroatoms. The van der Waals surface area contributed by atoms with Crippen molar-refractivity contribution in [2.24, 2.45) is 0 Å². The Balaban J connectivity index is 2.56. The van der Waals surface area contributed by atoms with Gasteiger partial charge in [-0.1, -0.05) is 46.3 Å². The van der Waals surface area contributed by atoms with Gasteiger partial charge in [0.15, 0.2) is 0 Å². The molecular formula is C14H16BrNO. The lowest BCUT2D eigenvalue weighted by Crippen LogP contribution is -2.24. The van der Waals surface area contributed by atoms with Crippen LogP contribution < -0.4 is 0 Å². The molecule has 0 bridgehead atoms. The highest BCUT2D eigenvalue weighted by atomic mass is 79.9. The molecule has 0 atom stereocenters. The zero-order valence-corrected chi connectivity index (χ0v) is 11.6. The number of halogens is 1. The van der Waals surface area contributed by atoms with E-state index in [0.717, 1.165) is 10.0 Å². The van der Waals surface area contributed by atoms with Crippen LogP contribution in [0.4, 0.5) is 0 Å². The maximum Gasteiger partial charge on any atom is 0.246 e. The van der Waals surface area contributed by atoms with Crippen molar-refractivity contribution in [3.05, 3.63) is 58.6 Å². The van der Waals surface area contributed by atoms with Gasteiger partial charge in [0.2, 0.25) is 5.91 Å². The number of carbonyl (C=O) groups excluding carboxylic acids is 1. The Bertz CT molecular complexity index is 420. The van der Waals surface area contributed by atoms with Gasteiger partial charge in [-0.05, 0) is 24.6 Å². The van der Waals surface area contributed by atoms with Gasteiger partial charge in [-0.25, -0.2) is 0 Å². The number of allylic oxidation sites excluding steroid dienone is 3. The van der Waals surface area contributed by atoms with Crippen molar-refractivity contribution in [2.75, 3.05) is 7.05 Å². The van der Waals surface area contributed by atoms with E-state index in [1.54, 1.807) is 24.1 Å². The first kappa shape index (κ1) is 13.7. The fraction of sp³-hybridized carbons (Fsp3) is 0.214. The maximum absolute atomic E-state index is 11.7. The van der Waals surface area contributed by atoms with Gasteiger partial charge in [-0.2, -0.15) is 0 Å². The van der Waals surface area contributed by atoms with Crippen molar-refractivity contribution in [2.45, 2.75) is 13.5 Å². The van der Waals surface area contributed by atoms with E-state index in [4.69, 9.17) is 0 Å². The van der Waals surface area contributed by atoms with Crippen LogP contribution >= 0.6 is 15.9 Å². The summed E-state index contributed by atoms with van der Waals surface area (Å²) in [5, 5.41) is 0. The van der Waals surface area contributed by atoms with Crippen LogP contribution in [0.5, 0.6) is 0 Å². The number of amides is 1. The summed E-state index contributed by atoms with van der Waals surface area (Å²) in [4.78, 5) is 13.4. The molecule has 0 saturated carbocycles. The Kier molecular flexibility index (Phi) is 5.70. The molecule has 2 nitrogen and oxygen atoms in total. The van der Waals surface area contributed by atoms with E-state index >= 15 is 0 Å². The minimum absolute atomic E-state index is 0.00557. The molecule has 1 amide bonds. The molecule has 0 fully saturated rings. The molecule has 0 aliphatic heterocycles. The van der Waals surface area contributed by atoms with Crippen LogP contribution in [-0.4, -0.2) is 17.9 Å². The molecule has 0 heterocycles. The monoisotopic (exact) mass is 293 g/mol. The molecule has 0 spiro atoms. The lowest BCUT2D eigenvalue weighted by molar-refractivity contribution is -0.125. The standard InChI is InChI=1S/C14H16BrNO/c1-3-4-5-6-14(17)16(2)11-12-7-9-13(15)10-8-12/h3-10H,11H2,1-2H3. The fourth-order valence-corrected chi connectivity index (χ4v) is 1.58. The molecule has 1 rings (SSSR count). The third-order valence-electron chi connectivity index (χ3n) is 2.25. The van der Waals surface area contributed by atoms with E-state index < -0.39 is 0 Å². The number of hydrogen-bond acceptors (Lipinski definition) is 1. The summed E-state index contributed by atoms with van der Waals surface area (Å²) in [7, 11) is 1.80. The molecule has 0 N–H and O–H groups in total. The maximum atomic E-state index is 11.7. The third kappa shape index (κ3) is 5.00. The Labute approximate surface area is 111 Å². The normalized spacial score (nSPS) is 11.2. The number of likely N-dealkylation sites (N-methyl/N-ethyl adjacent to an activating group) is 1. The summed E-state index contributed by atoms with van der Waals surface area (Å²) in [6.07, 6.45) is 7.04. The van der Waals surface area contributed by atoms with Gasteiger partial charge in [0, 0.05) is 24.1 Å². The average molecular weight is 294 g/mol. The lowest BCUT2D eigenvalue weighted by atomic mass is 10.2. The first-order chi connectivity index (χ1) is 8.13. The fourth-order valence-electron chi connectivity index (χ4n) is 1.32. The summed E-state index contributed by atoms with van der Waals surface area (Å²) in [5.41, 5.74) is 1.11. The van der Waals surface area contributed by atoms with Gasteiger partial charge in [-0.15, -0.1) is 0 Å². The summed E-state index contributed by atoms with van der Waals surface area (Å²) in [6, 6.07) is 7.96. The molecule has 1 aromatic carbocycles. The van der Waals surface area contributed by atoms with Gasteiger partial charge in [-0.3, -0.25) is 4.79 Å². The summed E-state index contributed by atoms with van der Waals surface area (Å²) in [6.45, 7) is 2.53. The summed E-state index contributed by atoms with van der Waals surface area (Å²) in [5.74, 6) is 0.00557. The van der Waals surface area contributed by atoms with Crippen LogP contribution in [0.15, 0.2) is 53.0 Å². The first-order valence-electron chi connectivity index (χ1n) is 5.42. The smallest absolute Gasteiger partial charge is 0.246 e. The molecule has 17 heavy (non-hydrogen) atoms. The van der Waals surface area contributed by atoms with Gasteiger partial charge < -0.3 is 4.90 Å². The zero-order chi connectivity index (χ0) is 12.7. The largest absolute Gasteiger partial charge is 0.338 e. The van der Waals surface area contributed by atoms with Crippen LogP contribution in [0.1, 0.15) is 12.5 Å². The van der Waals surface area contributed by atoms with E-state index in [0.29, 0.717) is 6.54 Å². The quantitative estimate of drug-likeness (QED) is 0.614. The van der Waals surface area contributed by atoms with Crippen molar-refractivity contribution in [3.63, 3.8) is 0 Å². The van der Waals surface area contributed by atoms with Crippen molar-refractivity contribution in [1.82, 2.24) is 4.90 Å². The number of benzene rings is 1. The minimum Gasteiger partial charge on any atom is -0.338 e. The van der Waals surface area contributed by atoms with Crippen molar-refractivity contribution in [1.29, 1.82) is 0 Å². The highest BCUT2D eigenvalue weighted by Gasteiger charge is 2.04. The SMILES string of the molecule is CC=CC=CC(=O)N(C)Cc1ccc(Br)cc1. The van der Waals surface area contributed by atoms with Gasteiger partial charge in [0.1, 0.15) is 0 Å². The van der Waals surface area contributed by atoms with Crippen molar-refractivity contribution < 1.29 is 4.79 Å². The van der Waals surface area contributed by atoms with E-state index in [2.05, 4.69) is 15.9 Å². The molecule has 0 aliphatic rings. The Morgan fingerprint density at radius 1 is 1.29 bits per heavy atom. The average Bonchev–Trinajstić information content (AvgIpc) is 2.32. The van der Waals surface area contributed by atoms with E-state index in [-0.39, 0.29) is 5.91 Å². The Morgan fingerprint density at radius 2 is 1.94 bits per heavy atom. The van der Waals surface area contributed by atoms with Gasteiger partial charge in [0.25, 0.3) is 0 Å². The summed E-state index contributed by atoms with van der Waals surface area (Å²) >= 11 is 3.38. The molecule has 0 unspecified atom stereocenters. The second-order valence-corrected chi connectivity index (χ2v) is 4.62. The Morgan fingerprint density at radius 3 is 2.53 bits per heavy atom. The predicted octanol–water partition coefficient (Wildman–Crippen LogP) is 3.54. The number of rotatable bonds is 4. The van der Waals surface area contributed by atoms with Crippen LogP contribution in [0, 0.1) is 0 Å². The zero-order valence-electron chi connectivity index (χ0n) is 10.1. The van der Waals surface area contributed by atoms with Crippen LogP contribution in [-0.2, 0) is 11.3 Å². The predicted molar refractivity (Wildman–Crippen MR) is 74.6 cm³/mol. The number of hydrogen-bond donors (Lipinski definition) is 0. The highest BCUT2D eigenvalue weighted by Crippen LogP contribution is 2.11. The van der Waals surface area contributed by atoms with Crippen LogP contribution in [0.3, 0.4) is 0 Å². The van der Waals surface area contributed by atoms with Crippen LogP contribution in [0.25, 0.3) is 0 Å². The molecule has 0 aromatic heterocycles. The topological polar surface area (TPSA) is 20.3 Å². The third-order valence-corrected chi connectivity index (χ3v) is 2.78. The first-order valence-corrected chi connectivity index (χ1v) is 6.21. The molecular weight excluding hydrogens is 278 g/mol. The van der Waals surface area contributed by atoms with E-state index in [9.17, 15) is 4.79 Å². The minimum atomic E-state index is 0.00557.